The molecule has 9 heteroatoms. The summed E-state index contributed by atoms with van der Waals surface area (Å²) in [7, 11) is 0. The summed E-state index contributed by atoms with van der Waals surface area (Å²) >= 11 is 2.04. The van der Waals surface area contributed by atoms with Crippen LogP contribution in [0.5, 0.6) is 0 Å². The number of amides is 1. The van der Waals surface area contributed by atoms with Gasteiger partial charge >= 0.3 is 6.09 Å². The average molecular weight is 416 g/mol. The number of aromatic nitrogens is 5. The van der Waals surface area contributed by atoms with Crippen LogP contribution in [0.2, 0.25) is 0 Å². The fraction of sp³-hybridized carbons (Fsp3) is 0.462. The lowest BCUT2D eigenvalue weighted by atomic mass is 10.2. The summed E-state index contributed by atoms with van der Waals surface area (Å²) in [6.07, 6.45) is 2.74. The summed E-state index contributed by atoms with van der Waals surface area (Å²) in [4.78, 5) is 24.4. The second kappa shape index (κ2) is 6.55. The number of ether oxygens (including phenoxy) is 1. The molecule has 0 unspecified atom stereocenters. The summed E-state index contributed by atoms with van der Waals surface area (Å²) in [6, 6.07) is 1.33. The van der Waals surface area contributed by atoms with Crippen LogP contribution in [0.4, 0.5) is 4.79 Å². The Balaban J connectivity index is 2.12. The number of carbonyl (C=O) groups is 1. The van der Waals surface area contributed by atoms with Crippen LogP contribution < -0.4 is 5.32 Å². The van der Waals surface area contributed by atoms with Gasteiger partial charge in [-0.3, -0.25) is 0 Å². The van der Waals surface area contributed by atoms with Gasteiger partial charge in [-0.1, -0.05) is 0 Å². The minimum atomic E-state index is -0.553. The molecular formula is C13H17IN6O2. The normalized spacial score (nSPS) is 12.8. The van der Waals surface area contributed by atoms with Gasteiger partial charge in [0.05, 0.1) is 6.04 Å². The van der Waals surface area contributed by atoms with Crippen LogP contribution >= 0.6 is 22.6 Å². The van der Waals surface area contributed by atoms with Crippen LogP contribution in [0, 0.1) is 3.83 Å². The molecule has 118 valence electrons. The third-order valence-corrected chi connectivity index (χ3v) is 3.14. The number of hydrogen-bond acceptors (Lipinski definition) is 6. The molecule has 0 aromatic carbocycles. The van der Waals surface area contributed by atoms with Gasteiger partial charge in [0.2, 0.25) is 0 Å². The highest BCUT2D eigenvalue weighted by atomic mass is 127. The third-order valence-electron chi connectivity index (χ3n) is 2.45. The van der Waals surface area contributed by atoms with E-state index in [9.17, 15) is 4.79 Å². The smallest absolute Gasteiger partial charge is 0.408 e. The Kier molecular flexibility index (Phi) is 4.94. The summed E-state index contributed by atoms with van der Waals surface area (Å²) in [6.45, 7) is 7.20. The lowest BCUT2D eigenvalue weighted by molar-refractivity contribution is 0.0506. The van der Waals surface area contributed by atoms with Crippen molar-refractivity contribution in [1.29, 1.82) is 0 Å². The molecule has 2 rings (SSSR count). The van der Waals surface area contributed by atoms with Gasteiger partial charge in [0.15, 0.2) is 9.66 Å². The highest BCUT2D eigenvalue weighted by molar-refractivity contribution is 14.1. The summed E-state index contributed by atoms with van der Waals surface area (Å²) in [5.74, 6) is 0.887. The summed E-state index contributed by atoms with van der Waals surface area (Å²) in [5.41, 5.74) is -0.553. The summed E-state index contributed by atoms with van der Waals surface area (Å²) in [5, 5.41) is 7.03. The highest BCUT2D eigenvalue weighted by Crippen LogP contribution is 2.14. The van der Waals surface area contributed by atoms with Crippen molar-refractivity contribution >= 4 is 28.7 Å². The first-order chi connectivity index (χ1) is 10.3. The van der Waals surface area contributed by atoms with Gasteiger partial charge in [0.1, 0.15) is 5.60 Å². The van der Waals surface area contributed by atoms with Crippen molar-refractivity contribution in [1.82, 2.24) is 30.0 Å². The molecule has 0 saturated carbocycles. The molecule has 0 aliphatic carbocycles. The number of carbonyl (C=O) groups excluding carboxylic acids is 1. The fourth-order valence-corrected chi connectivity index (χ4v) is 2.14. The van der Waals surface area contributed by atoms with E-state index in [1.807, 2.05) is 22.6 Å². The van der Waals surface area contributed by atoms with Gasteiger partial charge in [0.25, 0.3) is 5.95 Å². The standard InChI is InChI=1S/C13H17IN6O2/c1-8(17-12(21)22-13(2,3)4)9-18-10(14)20(19-9)11-15-6-5-7-16-11/h5-8H,1-4H3,(H,17,21)/t8-/m0/s1. The zero-order valence-electron chi connectivity index (χ0n) is 12.7. The van der Waals surface area contributed by atoms with Crippen molar-refractivity contribution in [3.63, 3.8) is 0 Å². The van der Waals surface area contributed by atoms with E-state index >= 15 is 0 Å². The zero-order chi connectivity index (χ0) is 16.3. The van der Waals surface area contributed by atoms with Crippen molar-refractivity contribution in [3.05, 3.63) is 28.1 Å². The molecule has 0 spiro atoms. The Hall–Kier alpha value is -1.78. The largest absolute Gasteiger partial charge is 0.444 e. The lowest BCUT2D eigenvalue weighted by Crippen LogP contribution is -2.34. The molecule has 1 N–H and O–H groups in total. The fourth-order valence-electron chi connectivity index (χ4n) is 1.57. The highest BCUT2D eigenvalue weighted by Gasteiger charge is 2.21. The number of hydrogen-bond donors (Lipinski definition) is 1. The van der Waals surface area contributed by atoms with Crippen LogP contribution in [0.1, 0.15) is 39.6 Å². The molecule has 0 radical (unpaired) electrons. The Morgan fingerprint density at radius 1 is 1.36 bits per heavy atom. The topological polar surface area (TPSA) is 94.8 Å². The van der Waals surface area contributed by atoms with Crippen molar-refractivity contribution in [2.45, 2.75) is 39.3 Å². The van der Waals surface area contributed by atoms with Crippen molar-refractivity contribution in [2.75, 3.05) is 0 Å². The number of rotatable bonds is 3. The number of nitrogens with one attached hydrogen (secondary N) is 1. The second-order valence-corrected chi connectivity index (χ2v) is 6.53. The second-order valence-electron chi connectivity index (χ2n) is 5.57. The van der Waals surface area contributed by atoms with E-state index < -0.39 is 17.7 Å². The maximum absolute atomic E-state index is 11.8. The number of nitrogens with zero attached hydrogens (tertiary/aromatic N) is 5. The molecule has 2 aromatic rings. The number of alkyl carbamates (subject to hydrolysis) is 1. The van der Waals surface area contributed by atoms with E-state index in [0.29, 0.717) is 15.6 Å². The average Bonchev–Trinajstić information content (AvgIpc) is 2.79. The van der Waals surface area contributed by atoms with Crippen molar-refractivity contribution in [3.8, 4) is 5.95 Å². The Morgan fingerprint density at radius 2 is 2.00 bits per heavy atom. The molecule has 1 amide bonds. The van der Waals surface area contributed by atoms with E-state index in [-0.39, 0.29) is 0 Å². The Morgan fingerprint density at radius 3 is 2.59 bits per heavy atom. The van der Waals surface area contributed by atoms with Crippen LogP contribution in [-0.4, -0.2) is 36.4 Å². The molecule has 1 atom stereocenters. The molecule has 8 nitrogen and oxygen atoms in total. The van der Waals surface area contributed by atoms with Gasteiger partial charge in [0, 0.05) is 35.0 Å². The molecule has 0 bridgehead atoms. The van der Waals surface area contributed by atoms with E-state index in [1.165, 1.54) is 4.68 Å². The lowest BCUT2D eigenvalue weighted by Gasteiger charge is -2.21. The first-order valence-electron chi connectivity index (χ1n) is 6.65. The molecule has 2 heterocycles. The molecule has 0 aliphatic rings. The third kappa shape index (κ3) is 4.36. The Bertz CT molecular complexity index is 652. The van der Waals surface area contributed by atoms with Crippen LogP contribution in [0.15, 0.2) is 18.5 Å². The SMILES string of the molecule is C[C@H](NC(=O)OC(C)(C)C)c1nc(I)n(-c2ncccn2)n1. The molecule has 0 fully saturated rings. The van der Waals surface area contributed by atoms with Crippen LogP contribution in [0.3, 0.4) is 0 Å². The predicted octanol–water partition coefficient (Wildman–Crippen LogP) is 2.25. The zero-order valence-corrected chi connectivity index (χ0v) is 14.9. The molecule has 2 aromatic heterocycles. The molecular weight excluding hydrogens is 399 g/mol. The van der Waals surface area contributed by atoms with Crippen molar-refractivity contribution in [2.24, 2.45) is 0 Å². The molecule has 0 aliphatic heterocycles. The van der Waals surface area contributed by atoms with Crippen molar-refractivity contribution < 1.29 is 9.53 Å². The quantitative estimate of drug-likeness (QED) is 0.772. The van der Waals surface area contributed by atoms with Crippen LogP contribution in [-0.2, 0) is 4.74 Å². The maximum atomic E-state index is 11.8. The minimum absolute atomic E-state index is 0.395. The van der Waals surface area contributed by atoms with E-state index in [4.69, 9.17) is 4.74 Å². The molecule has 22 heavy (non-hydrogen) atoms. The monoisotopic (exact) mass is 416 g/mol. The van der Waals surface area contributed by atoms with E-state index in [2.05, 4.69) is 25.4 Å². The predicted molar refractivity (Wildman–Crippen MR) is 87.5 cm³/mol. The Labute approximate surface area is 141 Å². The van der Waals surface area contributed by atoms with E-state index in [1.54, 1.807) is 46.2 Å². The van der Waals surface area contributed by atoms with Crippen LogP contribution in [0.25, 0.3) is 5.95 Å². The molecule has 0 saturated heterocycles. The first-order valence-corrected chi connectivity index (χ1v) is 7.73. The minimum Gasteiger partial charge on any atom is -0.444 e. The van der Waals surface area contributed by atoms with Gasteiger partial charge < -0.3 is 10.1 Å². The van der Waals surface area contributed by atoms with Gasteiger partial charge in [-0.25, -0.2) is 19.7 Å². The van der Waals surface area contributed by atoms with Gasteiger partial charge in [-0.15, -0.1) is 5.10 Å². The summed E-state index contributed by atoms with van der Waals surface area (Å²) < 4.78 is 7.34. The van der Waals surface area contributed by atoms with Gasteiger partial charge in [-0.2, -0.15) is 4.68 Å². The first kappa shape index (κ1) is 16.6. The van der Waals surface area contributed by atoms with E-state index in [0.717, 1.165) is 0 Å². The van der Waals surface area contributed by atoms with Gasteiger partial charge in [-0.05, 0) is 33.8 Å². The maximum Gasteiger partial charge on any atom is 0.408 e. The number of halogens is 1.